The number of hydrogen-bond donors (Lipinski definition) is 1. The first-order valence-electron chi connectivity index (χ1n) is 22.5. The van der Waals surface area contributed by atoms with E-state index in [1.165, 1.54) is 57.8 Å². The van der Waals surface area contributed by atoms with Gasteiger partial charge in [0, 0.05) is 19.3 Å². The second-order valence-electron chi connectivity index (χ2n) is 15.9. The van der Waals surface area contributed by atoms with Crippen LogP contribution in [0.1, 0.15) is 168 Å². The molecule has 0 aromatic heterocycles. The topological polar surface area (TPSA) is 99.1 Å². The van der Waals surface area contributed by atoms with E-state index in [1.54, 1.807) is 0 Å². The summed E-state index contributed by atoms with van der Waals surface area (Å²) in [5.41, 5.74) is 0. The maximum Gasteiger partial charge on any atom is 0.362 e. The summed E-state index contributed by atoms with van der Waals surface area (Å²) in [5.74, 6) is -1.53. The standard InChI is InChI=1S/C49H83NO7/c1-6-8-10-12-14-16-18-20-21-22-23-24-25-26-27-28-30-31-33-35-37-39-47(51)56-44-45(43-55-42-41-46(49(53)54)50(3,4)5)57-48(52)40-38-36-34-32-29-19-17-15-13-11-9-7-2/h8,10,14,16,20-21,23-24,26-27,30-31,45-46H,6-7,9,11-13,15,17-19,22,25,28-29,32-44H2,1-5H3/p+1/b10-8+,16-14+,21-20+,24-23+,27-26+,31-30+. The minimum Gasteiger partial charge on any atom is -0.477 e. The number of esters is 2. The first kappa shape index (κ1) is 53.8. The van der Waals surface area contributed by atoms with Crippen molar-refractivity contribution >= 4 is 17.9 Å². The van der Waals surface area contributed by atoms with Crippen molar-refractivity contribution in [3.63, 3.8) is 0 Å². The maximum atomic E-state index is 12.7. The van der Waals surface area contributed by atoms with Gasteiger partial charge in [0.1, 0.15) is 6.61 Å². The summed E-state index contributed by atoms with van der Waals surface area (Å²) in [6, 6.07) is -0.623. The molecule has 0 heterocycles. The summed E-state index contributed by atoms with van der Waals surface area (Å²) < 4.78 is 17.2. The lowest BCUT2D eigenvalue weighted by Gasteiger charge is -2.31. The SMILES string of the molecule is CC/C=C/C/C=C/C/C=C/C/C=C/C/C=C/C/C=C/CCCCC(=O)OCC(COCCC(C(=O)O)[N+](C)(C)C)OC(=O)CCCCCCCCCCCCCC. The molecular formula is C49H84NO7+. The number of carbonyl (C=O) groups excluding carboxylic acids is 2. The zero-order chi connectivity index (χ0) is 42.1. The van der Waals surface area contributed by atoms with Crippen LogP contribution in [0.3, 0.4) is 0 Å². The lowest BCUT2D eigenvalue weighted by Crippen LogP contribution is -2.50. The molecule has 0 aromatic rings. The molecule has 2 atom stereocenters. The van der Waals surface area contributed by atoms with Crippen LogP contribution in [-0.4, -0.2) is 80.6 Å². The molecule has 0 spiro atoms. The van der Waals surface area contributed by atoms with E-state index in [4.69, 9.17) is 14.2 Å². The molecule has 2 unspecified atom stereocenters. The van der Waals surface area contributed by atoms with Gasteiger partial charge in [0.2, 0.25) is 0 Å². The number of hydrogen-bond acceptors (Lipinski definition) is 6. The number of carboxylic acids is 1. The Bertz CT molecular complexity index is 1160. The van der Waals surface area contributed by atoms with Crippen LogP contribution in [0.5, 0.6) is 0 Å². The van der Waals surface area contributed by atoms with Crippen molar-refractivity contribution in [2.75, 3.05) is 41.0 Å². The molecule has 8 heteroatoms. The number of unbranched alkanes of at least 4 members (excludes halogenated alkanes) is 13. The third kappa shape index (κ3) is 38.1. The third-order valence-electron chi connectivity index (χ3n) is 9.62. The van der Waals surface area contributed by atoms with Crippen LogP contribution in [0.2, 0.25) is 0 Å². The molecule has 8 nitrogen and oxygen atoms in total. The Morgan fingerprint density at radius 3 is 1.46 bits per heavy atom. The predicted molar refractivity (Wildman–Crippen MR) is 238 cm³/mol. The number of carboxylic acid groups (broad SMARTS) is 1. The van der Waals surface area contributed by atoms with Crippen molar-refractivity contribution < 1.29 is 38.2 Å². The van der Waals surface area contributed by atoms with Crippen molar-refractivity contribution in [2.45, 2.75) is 180 Å². The van der Waals surface area contributed by atoms with Gasteiger partial charge in [0.15, 0.2) is 12.1 Å². The van der Waals surface area contributed by atoms with Crippen molar-refractivity contribution in [3.05, 3.63) is 72.9 Å². The van der Waals surface area contributed by atoms with Gasteiger partial charge in [0.05, 0.1) is 34.4 Å². The Kier molecular flexibility index (Phi) is 37.3. The number of quaternary nitrogens is 1. The van der Waals surface area contributed by atoms with Crippen molar-refractivity contribution in [1.82, 2.24) is 0 Å². The van der Waals surface area contributed by atoms with Gasteiger partial charge >= 0.3 is 17.9 Å². The van der Waals surface area contributed by atoms with E-state index in [1.807, 2.05) is 21.1 Å². The van der Waals surface area contributed by atoms with Crippen LogP contribution in [0.4, 0.5) is 0 Å². The smallest absolute Gasteiger partial charge is 0.362 e. The highest BCUT2D eigenvalue weighted by molar-refractivity contribution is 5.72. The van der Waals surface area contributed by atoms with E-state index >= 15 is 0 Å². The molecule has 0 saturated heterocycles. The van der Waals surface area contributed by atoms with Crippen LogP contribution in [-0.2, 0) is 28.6 Å². The second kappa shape index (κ2) is 39.6. The van der Waals surface area contributed by atoms with Gasteiger partial charge in [-0.3, -0.25) is 9.59 Å². The molecule has 1 N–H and O–H groups in total. The lowest BCUT2D eigenvalue weighted by atomic mass is 10.0. The van der Waals surface area contributed by atoms with Crippen LogP contribution in [0, 0.1) is 0 Å². The number of carbonyl (C=O) groups is 3. The van der Waals surface area contributed by atoms with Crippen LogP contribution >= 0.6 is 0 Å². The van der Waals surface area contributed by atoms with Crippen LogP contribution < -0.4 is 0 Å². The summed E-state index contributed by atoms with van der Waals surface area (Å²) in [4.78, 5) is 36.9. The van der Waals surface area contributed by atoms with Gasteiger partial charge in [-0.25, -0.2) is 4.79 Å². The lowest BCUT2D eigenvalue weighted by molar-refractivity contribution is -0.887. The Morgan fingerprint density at radius 2 is 0.982 bits per heavy atom. The van der Waals surface area contributed by atoms with Gasteiger partial charge < -0.3 is 23.8 Å². The summed E-state index contributed by atoms with van der Waals surface area (Å²) in [6.07, 6.45) is 49.5. The van der Waals surface area contributed by atoms with Crippen molar-refractivity contribution in [1.29, 1.82) is 0 Å². The minimum absolute atomic E-state index is 0.0453. The quantitative estimate of drug-likeness (QED) is 0.0286. The molecule has 0 radical (unpaired) electrons. The molecule has 326 valence electrons. The Labute approximate surface area is 349 Å². The fourth-order valence-corrected chi connectivity index (χ4v) is 6.15. The van der Waals surface area contributed by atoms with E-state index in [0.717, 1.165) is 70.6 Å². The van der Waals surface area contributed by atoms with Gasteiger partial charge in [0.25, 0.3) is 0 Å². The normalized spacial score (nSPS) is 13.6. The molecule has 0 aliphatic carbocycles. The number of aliphatic carboxylic acids is 1. The van der Waals surface area contributed by atoms with Gasteiger partial charge in [-0.2, -0.15) is 0 Å². The van der Waals surface area contributed by atoms with E-state index in [-0.39, 0.29) is 36.2 Å². The first-order valence-corrected chi connectivity index (χ1v) is 22.5. The Morgan fingerprint density at radius 1 is 0.544 bits per heavy atom. The number of allylic oxidation sites excluding steroid dienone is 12. The number of likely N-dealkylation sites (N-methyl/N-ethyl adjacent to an activating group) is 1. The molecule has 0 rings (SSSR count). The average molecular weight is 799 g/mol. The fourth-order valence-electron chi connectivity index (χ4n) is 6.15. The Balaban J connectivity index is 4.40. The zero-order valence-electron chi connectivity index (χ0n) is 37.0. The van der Waals surface area contributed by atoms with Gasteiger partial charge in [-0.05, 0) is 64.2 Å². The molecule has 0 saturated carbocycles. The zero-order valence-corrected chi connectivity index (χ0v) is 37.0. The largest absolute Gasteiger partial charge is 0.477 e. The molecular weight excluding hydrogens is 715 g/mol. The van der Waals surface area contributed by atoms with Gasteiger partial charge in [-0.1, -0.05) is 157 Å². The molecule has 0 bridgehead atoms. The maximum absolute atomic E-state index is 12.7. The summed E-state index contributed by atoms with van der Waals surface area (Å²) in [6.45, 7) is 4.56. The number of nitrogens with zero attached hydrogens (tertiary/aromatic N) is 1. The molecule has 57 heavy (non-hydrogen) atoms. The number of rotatable bonds is 39. The fraction of sp³-hybridized carbons (Fsp3) is 0.694. The van der Waals surface area contributed by atoms with Crippen molar-refractivity contribution in [3.8, 4) is 0 Å². The van der Waals surface area contributed by atoms with E-state index in [2.05, 4.69) is 86.8 Å². The predicted octanol–water partition coefficient (Wildman–Crippen LogP) is 12.4. The Hall–Kier alpha value is -3.23. The molecule has 0 fully saturated rings. The van der Waals surface area contributed by atoms with Gasteiger partial charge in [-0.15, -0.1) is 0 Å². The highest BCUT2D eigenvalue weighted by atomic mass is 16.6. The second-order valence-corrected chi connectivity index (χ2v) is 15.9. The minimum atomic E-state index is -0.883. The third-order valence-corrected chi connectivity index (χ3v) is 9.62. The summed E-state index contributed by atoms with van der Waals surface area (Å²) in [7, 11) is 5.51. The van der Waals surface area contributed by atoms with Crippen molar-refractivity contribution in [2.24, 2.45) is 0 Å². The average Bonchev–Trinajstić information content (AvgIpc) is 3.17. The molecule has 0 aliphatic heterocycles. The van der Waals surface area contributed by atoms with Crippen LogP contribution in [0.25, 0.3) is 0 Å². The van der Waals surface area contributed by atoms with E-state index in [9.17, 15) is 19.5 Å². The monoisotopic (exact) mass is 799 g/mol. The van der Waals surface area contributed by atoms with E-state index < -0.39 is 18.1 Å². The highest BCUT2D eigenvalue weighted by Crippen LogP contribution is 2.14. The highest BCUT2D eigenvalue weighted by Gasteiger charge is 2.31. The number of ether oxygens (including phenoxy) is 3. The molecule has 0 amide bonds. The summed E-state index contributed by atoms with van der Waals surface area (Å²) in [5, 5.41) is 9.61. The molecule has 0 aliphatic rings. The van der Waals surface area contributed by atoms with E-state index in [0.29, 0.717) is 25.7 Å². The van der Waals surface area contributed by atoms with Crippen LogP contribution in [0.15, 0.2) is 72.9 Å². The first-order chi connectivity index (χ1) is 27.6. The molecule has 0 aromatic carbocycles. The summed E-state index contributed by atoms with van der Waals surface area (Å²) >= 11 is 0.